The predicted molar refractivity (Wildman–Crippen MR) is 101 cm³/mol. The summed E-state index contributed by atoms with van der Waals surface area (Å²) in [5.41, 5.74) is 1.61. The maximum Gasteiger partial charge on any atom is 0.337 e. The van der Waals surface area contributed by atoms with E-state index in [0.717, 1.165) is 0 Å². The zero-order valence-electron chi connectivity index (χ0n) is 14.5. The second-order valence-corrected chi connectivity index (χ2v) is 7.78. The second kappa shape index (κ2) is 7.52. The van der Waals surface area contributed by atoms with Crippen LogP contribution in [0.3, 0.4) is 0 Å². The summed E-state index contributed by atoms with van der Waals surface area (Å²) in [7, 11) is -3.70. The van der Waals surface area contributed by atoms with Gasteiger partial charge in [-0.2, -0.15) is 0 Å². The first-order valence-corrected chi connectivity index (χ1v) is 9.71. The lowest BCUT2D eigenvalue weighted by atomic mass is 9.93. The molecule has 0 aliphatic rings. The van der Waals surface area contributed by atoms with Crippen molar-refractivity contribution < 1.29 is 22.7 Å². The summed E-state index contributed by atoms with van der Waals surface area (Å²) in [4.78, 5) is 12.1. The van der Waals surface area contributed by atoms with Crippen molar-refractivity contribution in [3.05, 3.63) is 77.7 Å². The molecule has 5 nitrogen and oxygen atoms in total. The smallest absolute Gasteiger partial charge is 0.337 e. The zero-order valence-corrected chi connectivity index (χ0v) is 15.3. The number of hydrogen-bond acceptors (Lipinski definition) is 4. The van der Waals surface area contributed by atoms with E-state index in [0.29, 0.717) is 11.1 Å². The van der Waals surface area contributed by atoms with E-state index in [1.165, 1.54) is 30.7 Å². The Balaban J connectivity index is 2.18. The largest absolute Gasteiger partial charge is 0.478 e. The summed E-state index contributed by atoms with van der Waals surface area (Å²) in [5.74, 6) is 3.87. The topological polar surface area (TPSA) is 84.6 Å². The summed E-state index contributed by atoms with van der Waals surface area (Å²) in [6.07, 6.45) is 2.97. The van der Waals surface area contributed by atoms with Crippen LogP contribution >= 0.6 is 0 Å². The Bertz CT molecular complexity index is 1130. The predicted octanol–water partition coefficient (Wildman–Crippen LogP) is 3.99. The van der Waals surface area contributed by atoms with Crippen molar-refractivity contribution in [2.75, 3.05) is 0 Å². The van der Waals surface area contributed by atoms with Gasteiger partial charge in [0.15, 0.2) is 9.84 Å². The molecule has 27 heavy (non-hydrogen) atoms. The van der Waals surface area contributed by atoms with E-state index in [1.54, 1.807) is 37.3 Å². The lowest BCUT2D eigenvalue weighted by Crippen LogP contribution is -2.12. The molecule has 0 aliphatic heterocycles. The van der Waals surface area contributed by atoms with Gasteiger partial charge in [-0.3, -0.25) is 0 Å². The molecule has 2 aromatic carbocycles. The molecule has 6 heteroatoms. The highest BCUT2D eigenvalue weighted by Gasteiger charge is 2.24. The molecule has 0 amide bonds. The quantitative estimate of drug-likeness (QED) is 0.677. The van der Waals surface area contributed by atoms with Crippen LogP contribution in [0.15, 0.2) is 70.4 Å². The molecule has 0 unspecified atom stereocenters. The van der Waals surface area contributed by atoms with Gasteiger partial charge >= 0.3 is 5.97 Å². The van der Waals surface area contributed by atoms with Crippen LogP contribution in [0, 0.1) is 11.8 Å². The van der Waals surface area contributed by atoms with Gasteiger partial charge in [-0.15, -0.1) is 5.92 Å². The van der Waals surface area contributed by atoms with E-state index >= 15 is 0 Å². The first kappa shape index (κ1) is 18.5. The highest BCUT2D eigenvalue weighted by atomic mass is 32.2. The van der Waals surface area contributed by atoms with E-state index < -0.39 is 21.6 Å². The monoisotopic (exact) mass is 380 g/mol. The summed E-state index contributed by atoms with van der Waals surface area (Å²) in [5, 5.41) is 9.78. The standard InChI is InChI=1S/C21H16O5S/c1-2-6-19-18(15-11-12-26-13-15)10-9-16(20(19)21(22)23)14-27(24,25)17-7-4-3-5-8-17/h3-5,7-13H,14H2,1H3,(H,22,23). The molecule has 0 saturated carbocycles. The number of aromatic carboxylic acids is 1. The fraction of sp³-hybridized carbons (Fsp3) is 0.0952. The normalized spacial score (nSPS) is 10.9. The van der Waals surface area contributed by atoms with Gasteiger partial charge in [0.05, 0.1) is 28.7 Å². The van der Waals surface area contributed by atoms with E-state index in [-0.39, 0.29) is 21.6 Å². The molecule has 1 aromatic heterocycles. The van der Waals surface area contributed by atoms with E-state index in [2.05, 4.69) is 11.8 Å². The molecule has 3 rings (SSSR count). The molecule has 0 aliphatic carbocycles. The van der Waals surface area contributed by atoms with Crippen LogP contribution in [-0.4, -0.2) is 19.5 Å². The van der Waals surface area contributed by atoms with Crippen molar-refractivity contribution in [2.24, 2.45) is 0 Å². The number of carboxylic acids is 1. The summed E-state index contributed by atoms with van der Waals surface area (Å²) >= 11 is 0. The maximum atomic E-state index is 12.7. The van der Waals surface area contributed by atoms with Gasteiger partial charge in [0, 0.05) is 16.7 Å². The average molecular weight is 380 g/mol. The molecule has 0 radical (unpaired) electrons. The molecule has 0 bridgehead atoms. The molecule has 0 saturated heterocycles. The fourth-order valence-electron chi connectivity index (χ4n) is 2.84. The van der Waals surface area contributed by atoms with Crippen molar-refractivity contribution in [3.8, 4) is 23.0 Å². The second-order valence-electron chi connectivity index (χ2n) is 5.79. The third-order valence-electron chi connectivity index (χ3n) is 4.04. The molecule has 136 valence electrons. The minimum atomic E-state index is -3.70. The van der Waals surface area contributed by atoms with Crippen LogP contribution in [-0.2, 0) is 15.6 Å². The van der Waals surface area contributed by atoms with Gasteiger partial charge in [-0.05, 0) is 30.7 Å². The number of hydrogen-bond donors (Lipinski definition) is 1. The van der Waals surface area contributed by atoms with Gasteiger partial charge in [-0.25, -0.2) is 13.2 Å². The van der Waals surface area contributed by atoms with Crippen molar-refractivity contribution in [2.45, 2.75) is 17.6 Å². The summed E-state index contributed by atoms with van der Waals surface area (Å²) in [6, 6.07) is 12.8. The Hall–Kier alpha value is -3.30. The summed E-state index contributed by atoms with van der Waals surface area (Å²) < 4.78 is 30.5. The van der Waals surface area contributed by atoms with E-state index in [9.17, 15) is 18.3 Å². The molecule has 3 aromatic rings. The fourth-order valence-corrected chi connectivity index (χ4v) is 4.23. The van der Waals surface area contributed by atoms with Gasteiger partial charge < -0.3 is 9.52 Å². The first-order valence-electron chi connectivity index (χ1n) is 8.06. The lowest BCUT2D eigenvalue weighted by Gasteiger charge is -2.13. The van der Waals surface area contributed by atoms with Crippen LogP contribution in [0.25, 0.3) is 11.1 Å². The van der Waals surface area contributed by atoms with E-state index in [4.69, 9.17) is 4.42 Å². The Morgan fingerprint density at radius 1 is 1.11 bits per heavy atom. The third kappa shape index (κ3) is 3.78. The minimum absolute atomic E-state index is 0.109. The Morgan fingerprint density at radius 3 is 2.44 bits per heavy atom. The number of furan rings is 1. The Morgan fingerprint density at radius 2 is 1.85 bits per heavy atom. The average Bonchev–Trinajstić information content (AvgIpc) is 3.17. The third-order valence-corrected chi connectivity index (χ3v) is 5.72. The van der Waals surface area contributed by atoms with Crippen LogP contribution in [0.2, 0.25) is 0 Å². The van der Waals surface area contributed by atoms with Gasteiger partial charge in [0.1, 0.15) is 0 Å². The highest BCUT2D eigenvalue weighted by Crippen LogP contribution is 2.30. The van der Waals surface area contributed by atoms with Crippen LogP contribution in [0.1, 0.15) is 28.4 Å². The molecule has 0 atom stereocenters. The van der Waals surface area contributed by atoms with Crippen LogP contribution < -0.4 is 0 Å². The molecule has 0 spiro atoms. The van der Waals surface area contributed by atoms with Crippen molar-refractivity contribution in [1.29, 1.82) is 0 Å². The molecular formula is C21H16O5S. The van der Waals surface area contributed by atoms with E-state index in [1.807, 2.05) is 0 Å². The maximum absolute atomic E-state index is 12.7. The Labute approximate surface area is 157 Å². The molecule has 0 fully saturated rings. The Kier molecular flexibility index (Phi) is 5.15. The van der Waals surface area contributed by atoms with Crippen molar-refractivity contribution in [3.63, 3.8) is 0 Å². The minimum Gasteiger partial charge on any atom is -0.478 e. The molecule has 1 N–H and O–H groups in total. The first-order chi connectivity index (χ1) is 12.9. The van der Waals surface area contributed by atoms with Gasteiger partial charge in [-0.1, -0.05) is 36.3 Å². The zero-order chi connectivity index (χ0) is 19.4. The number of carboxylic acid groups (broad SMARTS) is 1. The lowest BCUT2D eigenvalue weighted by molar-refractivity contribution is 0.0696. The highest BCUT2D eigenvalue weighted by molar-refractivity contribution is 7.90. The summed E-state index contributed by atoms with van der Waals surface area (Å²) in [6.45, 7) is 1.60. The number of carbonyl (C=O) groups is 1. The number of sulfone groups is 1. The molecular weight excluding hydrogens is 364 g/mol. The van der Waals surface area contributed by atoms with Gasteiger partial charge in [0.2, 0.25) is 0 Å². The number of rotatable bonds is 5. The van der Waals surface area contributed by atoms with Gasteiger partial charge in [0.25, 0.3) is 0 Å². The number of benzene rings is 2. The SMILES string of the molecule is CC#Cc1c(-c2ccoc2)ccc(CS(=O)(=O)c2ccccc2)c1C(=O)O. The van der Waals surface area contributed by atoms with Crippen LogP contribution in [0.5, 0.6) is 0 Å². The van der Waals surface area contributed by atoms with Crippen molar-refractivity contribution in [1.82, 2.24) is 0 Å². The molecule has 1 heterocycles. The van der Waals surface area contributed by atoms with Crippen molar-refractivity contribution >= 4 is 15.8 Å². The van der Waals surface area contributed by atoms with Crippen LogP contribution in [0.4, 0.5) is 0 Å².